The Hall–Kier alpha value is -5.46. The van der Waals surface area contributed by atoms with Crippen LogP contribution >= 0.6 is 0 Å². The Balaban J connectivity index is 1.39. The molecule has 0 spiro atoms. The lowest BCUT2D eigenvalue weighted by Crippen LogP contribution is -2.55. The predicted octanol–water partition coefficient (Wildman–Crippen LogP) is 4.60. The van der Waals surface area contributed by atoms with Gasteiger partial charge in [0.2, 0.25) is 11.8 Å². The molecule has 0 radical (unpaired) electrons. The number of ether oxygens (including phenoxy) is 1. The van der Waals surface area contributed by atoms with E-state index in [1.54, 1.807) is 39.2 Å². The highest BCUT2D eigenvalue weighted by Crippen LogP contribution is 2.33. The van der Waals surface area contributed by atoms with Gasteiger partial charge in [-0.05, 0) is 56.3 Å². The maximum Gasteiger partial charge on any atom is 0.505 e. The first-order valence-corrected chi connectivity index (χ1v) is 13.2. The van der Waals surface area contributed by atoms with Crippen molar-refractivity contribution < 1.29 is 37.3 Å². The predicted molar refractivity (Wildman–Crippen MR) is 154 cm³/mol. The molecule has 0 saturated heterocycles. The number of halogens is 2. The van der Waals surface area contributed by atoms with Crippen LogP contribution < -0.4 is 19.9 Å². The fraction of sp³-hybridized carbons (Fsp3) is 0.200. The second-order valence-electron chi connectivity index (χ2n) is 10.1. The minimum atomic E-state index is -1.43. The van der Waals surface area contributed by atoms with Gasteiger partial charge >= 0.3 is 11.9 Å². The van der Waals surface area contributed by atoms with Crippen LogP contribution in [0, 0.1) is 17.6 Å². The summed E-state index contributed by atoms with van der Waals surface area (Å²) in [6, 6.07) is 10.6. The topological polar surface area (TPSA) is 116 Å². The summed E-state index contributed by atoms with van der Waals surface area (Å²) in [5.74, 6) is -4.59. The van der Waals surface area contributed by atoms with Gasteiger partial charge in [-0.2, -0.15) is 14.5 Å². The zero-order valence-electron chi connectivity index (χ0n) is 23.6. The molecule has 1 aliphatic rings. The Labute approximate surface area is 244 Å². The second kappa shape index (κ2) is 11.4. The van der Waals surface area contributed by atoms with Crippen molar-refractivity contribution in [3.8, 4) is 11.5 Å². The highest BCUT2D eigenvalue weighted by molar-refractivity contribution is 6.28. The first-order valence-electron chi connectivity index (χ1n) is 13.2. The summed E-state index contributed by atoms with van der Waals surface area (Å²) in [4.78, 5) is 53.7. The molecule has 0 saturated carbocycles. The van der Waals surface area contributed by atoms with E-state index < -0.39 is 41.4 Å². The summed E-state index contributed by atoms with van der Waals surface area (Å²) in [6.45, 7) is 4.82. The van der Waals surface area contributed by atoms with Crippen LogP contribution in [0.25, 0.3) is 5.52 Å². The van der Waals surface area contributed by atoms with Gasteiger partial charge in [-0.25, -0.2) is 18.1 Å². The van der Waals surface area contributed by atoms with Crippen molar-refractivity contribution in [2.24, 2.45) is 5.92 Å². The molecule has 0 bridgehead atoms. The Bertz CT molecular complexity index is 1800. The van der Waals surface area contributed by atoms with Gasteiger partial charge in [0.25, 0.3) is 0 Å². The van der Waals surface area contributed by atoms with Gasteiger partial charge in [-0.15, -0.1) is 4.90 Å². The molecule has 3 heterocycles. The van der Waals surface area contributed by atoms with Crippen molar-refractivity contribution in [1.82, 2.24) is 9.61 Å². The molecule has 220 valence electrons. The van der Waals surface area contributed by atoms with E-state index in [-0.39, 0.29) is 28.8 Å². The van der Waals surface area contributed by atoms with E-state index in [0.717, 1.165) is 23.1 Å². The Kier molecular flexibility index (Phi) is 7.72. The van der Waals surface area contributed by atoms with Crippen LogP contribution in [-0.2, 0) is 14.4 Å². The smallest absolute Gasteiger partial charge is 0.452 e. The molecule has 5 amide bonds. The molecule has 2 aromatic heterocycles. The average Bonchev–Trinajstić information content (AvgIpc) is 3.44. The third-order valence-corrected chi connectivity index (χ3v) is 6.87. The largest absolute Gasteiger partial charge is 0.505 e. The molecule has 11 nitrogen and oxygen atoms in total. The number of nitrogens with one attached hydrogen (secondary N) is 1. The Morgan fingerprint density at radius 1 is 1.05 bits per heavy atom. The molecule has 1 unspecified atom stereocenters. The molecular formula is C30H27F2N6O5+. The zero-order valence-corrected chi connectivity index (χ0v) is 23.6. The number of amides is 5. The number of rotatable bonds is 7. The van der Waals surface area contributed by atoms with Crippen molar-refractivity contribution >= 4 is 52.5 Å². The van der Waals surface area contributed by atoms with Gasteiger partial charge in [-0.3, -0.25) is 9.59 Å². The van der Waals surface area contributed by atoms with E-state index >= 15 is 4.39 Å². The number of carbonyl (C=O) groups excluding carboxylic acids is 4. The molecule has 4 aromatic rings. The van der Waals surface area contributed by atoms with Crippen LogP contribution in [-0.4, -0.2) is 57.2 Å². The lowest BCUT2D eigenvalue weighted by Gasteiger charge is -2.24. The zero-order chi connectivity index (χ0) is 31.0. The maximum atomic E-state index is 15.2. The summed E-state index contributed by atoms with van der Waals surface area (Å²) in [7, 11) is 1.58. The molecule has 13 heteroatoms. The molecule has 43 heavy (non-hydrogen) atoms. The van der Waals surface area contributed by atoms with Crippen LogP contribution in [0.5, 0.6) is 11.5 Å². The van der Waals surface area contributed by atoms with E-state index in [0.29, 0.717) is 11.2 Å². The molecule has 1 aliphatic heterocycles. The maximum absolute atomic E-state index is 15.2. The van der Waals surface area contributed by atoms with Crippen LogP contribution in [0.2, 0.25) is 0 Å². The quantitative estimate of drug-likeness (QED) is 0.249. The third-order valence-electron chi connectivity index (χ3n) is 6.87. The number of carbonyl (C=O) groups is 4. The van der Waals surface area contributed by atoms with Gasteiger partial charge in [0.15, 0.2) is 23.2 Å². The molecule has 1 N–H and O–H groups in total. The summed E-state index contributed by atoms with van der Waals surface area (Å²) < 4.78 is 37.3. The van der Waals surface area contributed by atoms with E-state index in [1.165, 1.54) is 57.6 Å². The van der Waals surface area contributed by atoms with Crippen LogP contribution in [0.1, 0.15) is 20.8 Å². The molecule has 1 atom stereocenters. The third kappa shape index (κ3) is 5.69. The molecule has 0 aliphatic carbocycles. The number of hydrogen-bond acceptors (Lipinski definition) is 6. The summed E-state index contributed by atoms with van der Waals surface area (Å²) in [5.41, 5.74) is 1.14. The van der Waals surface area contributed by atoms with E-state index in [1.807, 2.05) is 0 Å². The van der Waals surface area contributed by atoms with E-state index in [4.69, 9.17) is 4.74 Å². The number of anilines is 3. The number of fused-ring (bicyclic) bond motifs is 1. The van der Waals surface area contributed by atoms with Gasteiger partial charge in [0.05, 0.1) is 30.3 Å². The van der Waals surface area contributed by atoms with Gasteiger partial charge in [-0.1, -0.05) is 0 Å². The highest BCUT2D eigenvalue weighted by Gasteiger charge is 2.48. The number of urea groups is 1. The fourth-order valence-electron chi connectivity index (χ4n) is 4.47. The van der Waals surface area contributed by atoms with Crippen LogP contribution in [0.3, 0.4) is 0 Å². The second-order valence-corrected chi connectivity index (χ2v) is 10.1. The number of pyridine rings is 1. The van der Waals surface area contributed by atoms with Gasteiger partial charge in [0, 0.05) is 31.8 Å². The summed E-state index contributed by atoms with van der Waals surface area (Å²) in [5, 5.41) is 6.70. The SMILES string of the molecule is CC(=O)N(C)c1cc(Oc2ccc(NC(=O)C3C=[N+](C(C)C)C(=O)N(c4ccc(F)cc4)C3=O)cc2F)c2ccnn2c1. The van der Waals surface area contributed by atoms with E-state index in [9.17, 15) is 23.6 Å². The molecule has 0 fully saturated rings. The minimum absolute atomic E-state index is 0.0388. The number of imide groups is 1. The molecular weight excluding hydrogens is 562 g/mol. The first-order chi connectivity index (χ1) is 20.4. The van der Waals surface area contributed by atoms with Crippen molar-refractivity contribution in [3.63, 3.8) is 0 Å². The average molecular weight is 590 g/mol. The highest BCUT2D eigenvalue weighted by atomic mass is 19.1. The number of aromatic nitrogens is 2. The summed E-state index contributed by atoms with van der Waals surface area (Å²) in [6.07, 6.45) is 4.39. The van der Waals surface area contributed by atoms with Crippen LogP contribution in [0.4, 0.5) is 30.6 Å². The molecule has 5 rings (SSSR count). The normalized spacial score (nSPS) is 15.1. The fourth-order valence-corrected chi connectivity index (χ4v) is 4.47. The van der Waals surface area contributed by atoms with E-state index in [2.05, 4.69) is 10.4 Å². The standard InChI is InChI=1S/C30H26F2N6O5/c1-17(2)36-16-23(29(41)38(30(36)42)21-8-5-19(31)6-9-21)28(40)34-20-7-10-26(24(32)13-20)43-27-14-22(35(4)18(3)39)15-37-25(27)11-12-33-37/h5-17,23H,1-4H3/p+1. The van der Waals surface area contributed by atoms with Crippen molar-refractivity contribution in [2.45, 2.75) is 26.8 Å². The van der Waals surface area contributed by atoms with Crippen molar-refractivity contribution in [1.29, 1.82) is 0 Å². The number of benzene rings is 2. The van der Waals surface area contributed by atoms with Crippen molar-refractivity contribution in [3.05, 3.63) is 78.6 Å². The molecule has 2 aromatic carbocycles. The van der Waals surface area contributed by atoms with Crippen molar-refractivity contribution in [2.75, 3.05) is 22.2 Å². The minimum Gasteiger partial charge on any atom is -0.452 e. The lowest BCUT2D eigenvalue weighted by molar-refractivity contribution is -0.459. The Morgan fingerprint density at radius 2 is 1.77 bits per heavy atom. The Morgan fingerprint density at radius 3 is 2.42 bits per heavy atom. The van der Waals surface area contributed by atoms with Gasteiger partial charge in [0.1, 0.15) is 17.0 Å². The summed E-state index contributed by atoms with van der Waals surface area (Å²) >= 11 is 0. The number of nitrogens with zero attached hydrogens (tertiary/aromatic N) is 5. The monoisotopic (exact) mass is 589 g/mol. The van der Waals surface area contributed by atoms with Crippen LogP contribution in [0.15, 0.2) is 67.0 Å². The lowest BCUT2D eigenvalue weighted by atomic mass is 10.0. The van der Waals surface area contributed by atoms with Gasteiger partial charge < -0.3 is 15.0 Å². The number of hydrogen-bond donors (Lipinski definition) is 1. The first kappa shape index (κ1) is 29.0.